The molecule has 6 fully saturated rings. The summed E-state index contributed by atoms with van der Waals surface area (Å²) in [7, 11) is 0. The maximum Gasteiger partial charge on any atom is 0.239 e. The molecule has 1 aromatic carbocycles. The van der Waals surface area contributed by atoms with Crippen LogP contribution in [0.3, 0.4) is 0 Å². The molecule has 1 aromatic rings. The van der Waals surface area contributed by atoms with Crippen LogP contribution in [0.5, 0.6) is 5.75 Å². The first-order chi connectivity index (χ1) is 16.6. The van der Waals surface area contributed by atoms with Gasteiger partial charge in [-0.2, -0.15) is 0 Å². The summed E-state index contributed by atoms with van der Waals surface area (Å²) in [4.78, 5) is 19.0. The second-order valence-corrected chi connectivity index (χ2v) is 13.0. The molecule has 1 amide bonds. The van der Waals surface area contributed by atoms with E-state index in [0.29, 0.717) is 41.0 Å². The minimum absolute atomic E-state index is 0.0348. The predicted octanol–water partition coefficient (Wildman–Crippen LogP) is 3.44. The Morgan fingerprint density at radius 2 is 2.06 bits per heavy atom. The Labute approximate surface area is 203 Å². The van der Waals surface area contributed by atoms with Crippen LogP contribution in [-0.4, -0.2) is 65.1 Å². The molecular formula is C29H39N3O2. The average Bonchev–Trinajstić information content (AvgIpc) is 3.55. The molecule has 5 heteroatoms. The van der Waals surface area contributed by atoms with Gasteiger partial charge in [0.15, 0.2) is 0 Å². The van der Waals surface area contributed by atoms with Gasteiger partial charge in [-0.05, 0) is 117 Å². The lowest BCUT2D eigenvalue weighted by molar-refractivity contribution is -0.142. The standard InChI is InChI=1S/C29H39N3O2/c33-21-7-6-19-13-25-28-9-8-24-26(20(15-28)17-32(24)27(34)23-3-1-2-11-30-23)29(28,22(19)14-21)10-12-31(25)16-18-4-5-18/h6-7,14,18,20,23-26,30,33H,1-5,8-13,15-17H2/t20-,23?,24?,25?,26?,28?,29?/m1/s1. The SMILES string of the molecule is O=C(C1CCCCN1)N1C[C@H]2CC34CCC1C2C31CCN(CC2CC2)C4Cc2ccc(O)cc21. The molecule has 0 spiro atoms. The van der Waals surface area contributed by atoms with Gasteiger partial charge in [0.2, 0.25) is 5.91 Å². The number of phenols is 1. The van der Waals surface area contributed by atoms with Crippen molar-refractivity contribution < 1.29 is 9.90 Å². The van der Waals surface area contributed by atoms with Gasteiger partial charge in [0, 0.05) is 30.6 Å². The van der Waals surface area contributed by atoms with Gasteiger partial charge in [0.05, 0.1) is 6.04 Å². The normalized spacial score (nSPS) is 44.6. The molecule has 0 aromatic heterocycles. The molecule has 7 aliphatic rings. The number of likely N-dealkylation sites (tertiary alicyclic amines) is 2. The van der Waals surface area contributed by atoms with E-state index in [1.54, 1.807) is 0 Å². The molecule has 3 aliphatic heterocycles. The Morgan fingerprint density at radius 1 is 1.15 bits per heavy atom. The van der Waals surface area contributed by atoms with Crippen molar-refractivity contribution in [3.05, 3.63) is 29.3 Å². The summed E-state index contributed by atoms with van der Waals surface area (Å²) in [6.45, 7) is 4.46. The highest BCUT2D eigenvalue weighted by atomic mass is 16.3. The summed E-state index contributed by atoms with van der Waals surface area (Å²) in [6, 6.07) is 7.37. The summed E-state index contributed by atoms with van der Waals surface area (Å²) in [5.74, 6) is 2.94. The van der Waals surface area contributed by atoms with Crippen LogP contribution < -0.4 is 5.32 Å². The highest BCUT2D eigenvalue weighted by Crippen LogP contribution is 2.75. The highest BCUT2D eigenvalue weighted by Gasteiger charge is 2.76. The molecule has 34 heavy (non-hydrogen) atoms. The van der Waals surface area contributed by atoms with Crippen LogP contribution in [0.25, 0.3) is 0 Å². The van der Waals surface area contributed by atoms with Gasteiger partial charge in [-0.25, -0.2) is 0 Å². The third-order valence-electron chi connectivity index (χ3n) is 11.7. The molecule has 3 saturated carbocycles. The predicted molar refractivity (Wildman–Crippen MR) is 131 cm³/mol. The number of carbonyl (C=O) groups is 1. The van der Waals surface area contributed by atoms with Crippen LogP contribution >= 0.6 is 0 Å². The first kappa shape index (κ1) is 20.6. The fourth-order valence-corrected chi connectivity index (χ4v) is 10.5. The van der Waals surface area contributed by atoms with Crippen LogP contribution in [0.15, 0.2) is 18.2 Å². The van der Waals surface area contributed by atoms with Crippen molar-refractivity contribution in [1.82, 2.24) is 15.1 Å². The van der Waals surface area contributed by atoms with Gasteiger partial charge >= 0.3 is 0 Å². The summed E-state index contributed by atoms with van der Waals surface area (Å²) >= 11 is 0. The molecule has 4 bridgehead atoms. The summed E-state index contributed by atoms with van der Waals surface area (Å²) in [5.41, 5.74) is 3.44. The molecule has 8 rings (SSSR count). The van der Waals surface area contributed by atoms with Gasteiger partial charge in [0.1, 0.15) is 5.75 Å². The lowest BCUT2D eigenvalue weighted by Crippen LogP contribution is -2.70. The Balaban J connectivity index is 1.22. The van der Waals surface area contributed by atoms with Crippen molar-refractivity contribution in [3.8, 4) is 5.75 Å². The van der Waals surface area contributed by atoms with Crippen LogP contribution in [0, 0.1) is 23.2 Å². The first-order valence-corrected chi connectivity index (χ1v) is 14.2. The number of hydrogen-bond donors (Lipinski definition) is 2. The molecule has 0 radical (unpaired) electrons. The molecule has 182 valence electrons. The second-order valence-electron chi connectivity index (χ2n) is 13.0. The number of aromatic hydroxyl groups is 1. The van der Waals surface area contributed by atoms with Gasteiger partial charge in [0.25, 0.3) is 0 Å². The molecule has 3 saturated heterocycles. The van der Waals surface area contributed by atoms with Crippen molar-refractivity contribution >= 4 is 5.91 Å². The average molecular weight is 462 g/mol. The zero-order valence-electron chi connectivity index (χ0n) is 20.3. The van der Waals surface area contributed by atoms with Gasteiger partial charge in [-0.1, -0.05) is 12.5 Å². The largest absolute Gasteiger partial charge is 0.508 e. The maximum atomic E-state index is 13.7. The van der Waals surface area contributed by atoms with Crippen molar-refractivity contribution in [2.24, 2.45) is 23.2 Å². The van der Waals surface area contributed by atoms with E-state index in [4.69, 9.17) is 0 Å². The number of benzene rings is 1. The number of rotatable bonds is 3. The zero-order valence-corrected chi connectivity index (χ0v) is 20.3. The fourth-order valence-electron chi connectivity index (χ4n) is 10.5. The number of nitrogens with one attached hydrogen (secondary N) is 1. The number of carbonyl (C=O) groups excluding carboxylic acids is 1. The maximum absolute atomic E-state index is 13.7. The number of hydrogen-bond acceptors (Lipinski definition) is 4. The summed E-state index contributed by atoms with van der Waals surface area (Å²) in [5, 5.41) is 14.2. The van der Waals surface area contributed by atoms with E-state index in [9.17, 15) is 9.90 Å². The Bertz CT molecular complexity index is 1030. The summed E-state index contributed by atoms with van der Waals surface area (Å²) < 4.78 is 0. The number of phenolic OH excluding ortho intramolecular Hbond substituents is 1. The molecule has 2 N–H and O–H groups in total. The fraction of sp³-hybridized carbons (Fsp3) is 0.759. The monoisotopic (exact) mass is 461 g/mol. The molecule has 5 nitrogen and oxygen atoms in total. The quantitative estimate of drug-likeness (QED) is 0.724. The Morgan fingerprint density at radius 3 is 2.88 bits per heavy atom. The van der Waals surface area contributed by atoms with Crippen molar-refractivity contribution in [2.45, 2.75) is 87.7 Å². The number of fused-ring (bicyclic) bond motifs is 1. The second kappa shape index (κ2) is 7.00. The third-order valence-corrected chi connectivity index (χ3v) is 11.7. The third kappa shape index (κ3) is 2.51. The van der Waals surface area contributed by atoms with Gasteiger partial charge in [-0.15, -0.1) is 0 Å². The Kier molecular flexibility index (Phi) is 4.24. The minimum atomic E-state index is 0.0348. The lowest BCUT2D eigenvalue weighted by atomic mass is 9.43. The van der Waals surface area contributed by atoms with Gasteiger partial charge in [-0.3, -0.25) is 9.69 Å². The van der Waals surface area contributed by atoms with E-state index in [1.807, 2.05) is 6.07 Å². The van der Waals surface area contributed by atoms with E-state index < -0.39 is 0 Å². The number of nitrogens with zero attached hydrogens (tertiary/aromatic N) is 2. The van der Waals surface area contributed by atoms with Crippen molar-refractivity contribution in [1.29, 1.82) is 0 Å². The summed E-state index contributed by atoms with van der Waals surface area (Å²) in [6.07, 6.45) is 12.3. The molecule has 6 unspecified atom stereocenters. The van der Waals surface area contributed by atoms with E-state index >= 15 is 0 Å². The zero-order chi connectivity index (χ0) is 22.7. The van der Waals surface area contributed by atoms with E-state index in [2.05, 4.69) is 27.2 Å². The number of piperidine rings is 2. The molecule has 4 aliphatic carbocycles. The minimum Gasteiger partial charge on any atom is -0.508 e. The van der Waals surface area contributed by atoms with Crippen molar-refractivity contribution in [2.75, 3.05) is 26.2 Å². The van der Waals surface area contributed by atoms with Crippen LogP contribution in [-0.2, 0) is 16.6 Å². The highest BCUT2D eigenvalue weighted by molar-refractivity contribution is 5.83. The molecular weight excluding hydrogens is 422 g/mol. The van der Waals surface area contributed by atoms with E-state index in [0.717, 1.165) is 31.8 Å². The first-order valence-electron chi connectivity index (χ1n) is 14.2. The van der Waals surface area contributed by atoms with E-state index in [1.165, 1.54) is 75.6 Å². The smallest absolute Gasteiger partial charge is 0.239 e. The van der Waals surface area contributed by atoms with Crippen LogP contribution in [0.2, 0.25) is 0 Å². The number of amides is 1. The van der Waals surface area contributed by atoms with Crippen molar-refractivity contribution in [3.63, 3.8) is 0 Å². The Hall–Kier alpha value is -1.59. The topological polar surface area (TPSA) is 55.8 Å². The van der Waals surface area contributed by atoms with Gasteiger partial charge < -0.3 is 15.3 Å². The van der Waals surface area contributed by atoms with Crippen LogP contribution in [0.1, 0.15) is 68.9 Å². The lowest BCUT2D eigenvalue weighted by Gasteiger charge is -2.66. The molecule has 3 heterocycles. The molecule has 7 atom stereocenters. The van der Waals surface area contributed by atoms with Crippen LogP contribution in [0.4, 0.5) is 0 Å². The van der Waals surface area contributed by atoms with E-state index in [-0.39, 0.29) is 11.5 Å².